The van der Waals surface area contributed by atoms with Gasteiger partial charge in [0.25, 0.3) is 0 Å². The van der Waals surface area contributed by atoms with Crippen LogP contribution < -0.4 is 15.4 Å². The summed E-state index contributed by atoms with van der Waals surface area (Å²) in [4.78, 5) is 15.9. The third-order valence-electron chi connectivity index (χ3n) is 4.49. The quantitative estimate of drug-likeness (QED) is 0.713. The van der Waals surface area contributed by atoms with Crippen LogP contribution in [0.5, 0.6) is 5.75 Å². The number of morpholine rings is 1. The van der Waals surface area contributed by atoms with Crippen LogP contribution >= 0.6 is 0 Å². The second-order valence-electron chi connectivity index (χ2n) is 6.21. The number of nitrogens with two attached hydrogens (primary N) is 1. The molecule has 0 saturated carbocycles. The molecular weight excluding hydrogens is 342 g/mol. The first-order valence-corrected chi connectivity index (χ1v) is 8.81. The molecule has 3 heterocycles. The number of hydrogen-bond acceptors (Lipinski definition) is 7. The maximum absolute atomic E-state index is 5.83. The molecular formula is C20H21N5O2. The van der Waals surface area contributed by atoms with Crippen LogP contribution in [0.2, 0.25) is 0 Å². The Labute approximate surface area is 157 Å². The van der Waals surface area contributed by atoms with E-state index in [2.05, 4.69) is 9.88 Å². The van der Waals surface area contributed by atoms with Crippen LogP contribution in [-0.2, 0) is 4.74 Å². The van der Waals surface area contributed by atoms with Gasteiger partial charge in [-0.15, -0.1) is 0 Å². The van der Waals surface area contributed by atoms with Gasteiger partial charge in [-0.1, -0.05) is 0 Å². The van der Waals surface area contributed by atoms with Crippen LogP contribution in [0, 0.1) is 0 Å². The van der Waals surface area contributed by atoms with E-state index in [4.69, 9.17) is 25.2 Å². The van der Waals surface area contributed by atoms with Crippen molar-refractivity contribution < 1.29 is 9.47 Å². The van der Waals surface area contributed by atoms with Crippen LogP contribution in [-0.4, -0.2) is 48.4 Å². The van der Waals surface area contributed by atoms with Crippen molar-refractivity contribution in [1.82, 2.24) is 15.0 Å². The Morgan fingerprint density at radius 1 is 0.963 bits per heavy atom. The number of aromatic nitrogens is 3. The third kappa shape index (κ3) is 3.54. The fourth-order valence-corrected chi connectivity index (χ4v) is 3.08. The minimum absolute atomic E-state index is 0.629. The summed E-state index contributed by atoms with van der Waals surface area (Å²) < 4.78 is 11.2. The van der Waals surface area contributed by atoms with E-state index in [1.807, 2.05) is 36.4 Å². The summed E-state index contributed by atoms with van der Waals surface area (Å²) in [5.74, 6) is 2.06. The summed E-state index contributed by atoms with van der Waals surface area (Å²) in [5, 5.41) is 0. The van der Waals surface area contributed by atoms with Crippen LogP contribution in [0.15, 0.2) is 48.8 Å². The predicted octanol–water partition coefficient (Wildman–Crippen LogP) is 2.63. The summed E-state index contributed by atoms with van der Waals surface area (Å²) in [6, 6.07) is 11.4. The molecule has 0 unspecified atom stereocenters. The average Bonchev–Trinajstić information content (AvgIpc) is 2.74. The van der Waals surface area contributed by atoms with Crippen molar-refractivity contribution in [2.75, 3.05) is 44.0 Å². The van der Waals surface area contributed by atoms with Gasteiger partial charge in [0.1, 0.15) is 5.69 Å². The number of benzene rings is 1. The second kappa shape index (κ2) is 7.59. The summed E-state index contributed by atoms with van der Waals surface area (Å²) in [5.41, 5.74) is 9.10. The normalized spacial score (nSPS) is 14.2. The maximum Gasteiger partial charge on any atom is 0.187 e. The molecule has 7 heteroatoms. The van der Waals surface area contributed by atoms with Gasteiger partial charge in [-0.05, 0) is 36.4 Å². The standard InChI is InChI=1S/C20H21N5O2/c1-26-18-17(14-6-8-22-9-7-14)23-19(15-2-4-16(21)5-3-15)24-20(18)25-10-12-27-13-11-25/h2-9H,10-13,21H2,1H3. The molecule has 0 radical (unpaired) electrons. The van der Waals surface area contributed by atoms with Gasteiger partial charge < -0.3 is 20.1 Å². The molecule has 0 bridgehead atoms. The highest BCUT2D eigenvalue weighted by molar-refractivity contribution is 5.76. The first-order valence-electron chi connectivity index (χ1n) is 8.81. The van der Waals surface area contributed by atoms with Crippen molar-refractivity contribution in [3.8, 4) is 28.4 Å². The number of anilines is 2. The van der Waals surface area contributed by atoms with Gasteiger partial charge in [0.05, 0.1) is 20.3 Å². The molecule has 138 valence electrons. The second-order valence-corrected chi connectivity index (χ2v) is 6.21. The first-order chi connectivity index (χ1) is 13.3. The largest absolute Gasteiger partial charge is 0.491 e. The monoisotopic (exact) mass is 363 g/mol. The fraction of sp³-hybridized carbons (Fsp3) is 0.250. The van der Waals surface area contributed by atoms with Crippen LogP contribution in [0.3, 0.4) is 0 Å². The van der Waals surface area contributed by atoms with Crippen molar-refractivity contribution in [2.45, 2.75) is 0 Å². The Morgan fingerprint density at radius 3 is 2.33 bits per heavy atom. The molecule has 2 N–H and O–H groups in total. The van der Waals surface area contributed by atoms with Gasteiger partial charge in [0.15, 0.2) is 17.4 Å². The van der Waals surface area contributed by atoms with E-state index in [1.54, 1.807) is 19.5 Å². The molecule has 1 aliphatic rings. The Balaban J connectivity index is 1.90. The molecule has 1 fully saturated rings. The van der Waals surface area contributed by atoms with Crippen LogP contribution in [0.1, 0.15) is 0 Å². The third-order valence-corrected chi connectivity index (χ3v) is 4.49. The highest BCUT2D eigenvalue weighted by Crippen LogP contribution is 2.38. The van der Waals surface area contributed by atoms with Gasteiger partial charge in [-0.3, -0.25) is 4.98 Å². The predicted molar refractivity (Wildman–Crippen MR) is 105 cm³/mol. The van der Waals surface area contributed by atoms with Crippen molar-refractivity contribution in [3.63, 3.8) is 0 Å². The Kier molecular flexibility index (Phi) is 4.84. The first kappa shape index (κ1) is 17.2. The lowest BCUT2D eigenvalue weighted by Gasteiger charge is -2.29. The number of nitrogen functional groups attached to an aromatic ring is 1. The van der Waals surface area contributed by atoms with Crippen LogP contribution in [0.4, 0.5) is 11.5 Å². The SMILES string of the molecule is COc1c(-c2ccncc2)nc(-c2ccc(N)cc2)nc1N1CCOCC1. The summed E-state index contributed by atoms with van der Waals surface area (Å²) in [7, 11) is 1.65. The highest BCUT2D eigenvalue weighted by atomic mass is 16.5. The molecule has 0 atom stereocenters. The minimum Gasteiger partial charge on any atom is -0.491 e. The van der Waals surface area contributed by atoms with E-state index < -0.39 is 0 Å². The van der Waals surface area contributed by atoms with E-state index in [1.165, 1.54) is 0 Å². The molecule has 1 aliphatic heterocycles. The van der Waals surface area contributed by atoms with Gasteiger partial charge in [0.2, 0.25) is 0 Å². The number of hydrogen-bond donors (Lipinski definition) is 1. The topological polar surface area (TPSA) is 86.4 Å². The van der Waals surface area contributed by atoms with E-state index in [9.17, 15) is 0 Å². The molecule has 1 saturated heterocycles. The Morgan fingerprint density at radius 2 is 1.67 bits per heavy atom. The molecule has 27 heavy (non-hydrogen) atoms. The number of methoxy groups -OCH3 is 1. The molecule has 2 aromatic heterocycles. The lowest BCUT2D eigenvalue weighted by molar-refractivity contribution is 0.122. The van der Waals surface area contributed by atoms with Crippen LogP contribution in [0.25, 0.3) is 22.6 Å². The molecule has 4 rings (SSSR count). The minimum atomic E-state index is 0.629. The molecule has 3 aromatic rings. The lowest BCUT2D eigenvalue weighted by Crippen LogP contribution is -2.37. The van der Waals surface area contributed by atoms with E-state index in [-0.39, 0.29) is 0 Å². The molecule has 0 amide bonds. The highest BCUT2D eigenvalue weighted by Gasteiger charge is 2.23. The molecule has 7 nitrogen and oxygen atoms in total. The number of rotatable bonds is 4. The Hall–Kier alpha value is -3.19. The van der Waals surface area contributed by atoms with E-state index in [0.29, 0.717) is 30.5 Å². The van der Waals surface area contributed by atoms with Gasteiger partial charge >= 0.3 is 0 Å². The smallest absolute Gasteiger partial charge is 0.187 e. The molecule has 0 aliphatic carbocycles. The van der Waals surface area contributed by atoms with Crippen molar-refractivity contribution in [2.24, 2.45) is 0 Å². The zero-order valence-corrected chi connectivity index (χ0v) is 15.1. The summed E-state index contributed by atoms with van der Waals surface area (Å²) >= 11 is 0. The van der Waals surface area contributed by atoms with Gasteiger partial charge in [-0.25, -0.2) is 9.97 Å². The summed E-state index contributed by atoms with van der Waals surface area (Å²) in [6.45, 7) is 2.83. The van der Waals surface area contributed by atoms with Crippen molar-refractivity contribution >= 4 is 11.5 Å². The van der Waals surface area contributed by atoms with Gasteiger partial charge in [-0.2, -0.15) is 0 Å². The fourth-order valence-electron chi connectivity index (χ4n) is 3.08. The molecule has 0 spiro atoms. The zero-order chi connectivity index (χ0) is 18.6. The molecule has 1 aromatic carbocycles. The number of ether oxygens (including phenoxy) is 2. The Bertz CT molecular complexity index is 910. The number of nitrogens with zero attached hydrogens (tertiary/aromatic N) is 4. The van der Waals surface area contributed by atoms with E-state index in [0.717, 1.165) is 35.7 Å². The van der Waals surface area contributed by atoms with Crippen molar-refractivity contribution in [1.29, 1.82) is 0 Å². The van der Waals surface area contributed by atoms with Crippen molar-refractivity contribution in [3.05, 3.63) is 48.8 Å². The average molecular weight is 363 g/mol. The summed E-state index contributed by atoms with van der Waals surface area (Å²) in [6.07, 6.45) is 3.49. The van der Waals surface area contributed by atoms with E-state index >= 15 is 0 Å². The van der Waals surface area contributed by atoms with Gasteiger partial charge in [0, 0.05) is 42.3 Å². The zero-order valence-electron chi connectivity index (χ0n) is 15.1. The number of pyridine rings is 1. The maximum atomic E-state index is 5.83. The lowest BCUT2D eigenvalue weighted by atomic mass is 10.1.